The third-order valence-electron chi connectivity index (χ3n) is 2.90. The first kappa shape index (κ1) is 12.9. The van der Waals surface area contributed by atoms with Crippen LogP contribution in [0.1, 0.15) is 26.2 Å². The van der Waals surface area contributed by atoms with Crippen LogP contribution in [-0.2, 0) is 10.0 Å². The first-order chi connectivity index (χ1) is 8.13. The molecule has 2 N–H and O–H groups in total. The van der Waals surface area contributed by atoms with Crippen molar-refractivity contribution in [3.8, 4) is 0 Å². The fraction of sp³-hybridized carbons (Fsp3) is 0.700. The predicted molar refractivity (Wildman–Crippen MR) is 68.5 cm³/mol. The van der Waals surface area contributed by atoms with Crippen LogP contribution in [0, 0.1) is 0 Å². The van der Waals surface area contributed by atoms with Crippen molar-refractivity contribution in [2.45, 2.75) is 42.5 Å². The van der Waals surface area contributed by atoms with Crippen molar-refractivity contribution in [2.75, 3.05) is 5.75 Å². The molecule has 0 aliphatic heterocycles. The van der Waals surface area contributed by atoms with E-state index < -0.39 is 10.0 Å². The second-order valence-electron chi connectivity index (χ2n) is 4.07. The Morgan fingerprint density at radius 3 is 3.06 bits per heavy atom. The minimum Gasteiger partial charge on any atom is -0.335 e. The second kappa shape index (κ2) is 5.41. The van der Waals surface area contributed by atoms with Gasteiger partial charge in [0.2, 0.25) is 0 Å². The molecule has 2 atom stereocenters. The molecule has 1 fully saturated rings. The molecule has 0 bridgehead atoms. The Hall–Kier alpha value is -0.530. The highest BCUT2D eigenvalue weighted by Gasteiger charge is 2.31. The summed E-state index contributed by atoms with van der Waals surface area (Å²) in [5.74, 6) is 1.02. The van der Waals surface area contributed by atoms with E-state index in [1.165, 1.54) is 12.5 Å². The van der Waals surface area contributed by atoms with Gasteiger partial charge in [-0.3, -0.25) is 0 Å². The third-order valence-corrected chi connectivity index (χ3v) is 5.64. The van der Waals surface area contributed by atoms with Gasteiger partial charge in [-0.25, -0.2) is 18.1 Å². The molecule has 7 heteroatoms. The minimum absolute atomic E-state index is 0.0493. The van der Waals surface area contributed by atoms with Crippen LogP contribution in [0.25, 0.3) is 0 Å². The first-order valence-corrected chi connectivity index (χ1v) is 8.29. The van der Waals surface area contributed by atoms with E-state index in [1.54, 1.807) is 0 Å². The molecule has 0 spiro atoms. The summed E-state index contributed by atoms with van der Waals surface area (Å²) in [6.45, 7) is 2.10. The Kier molecular flexibility index (Phi) is 4.11. The summed E-state index contributed by atoms with van der Waals surface area (Å²) in [5.41, 5.74) is 0. The lowest BCUT2D eigenvalue weighted by molar-refractivity contribution is 0.552. The molecule has 5 nitrogen and oxygen atoms in total. The Labute approximate surface area is 106 Å². The smallest absolute Gasteiger partial charge is 0.257 e. The van der Waals surface area contributed by atoms with Crippen molar-refractivity contribution in [1.29, 1.82) is 0 Å². The van der Waals surface area contributed by atoms with Gasteiger partial charge in [-0.15, -0.1) is 0 Å². The molecule has 96 valence electrons. The standard InChI is InChI=1S/C10H17N3O2S2/c1-2-16-9-5-3-4-8(9)13-17(14,15)10-6-11-7-12-10/h6-9,13H,2-5H2,1H3,(H,11,12). The fourth-order valence-corrected chi connectivity index (χ4v) is 4.63. The van der Waals surface area contributed by atoms with E-state index in [9.17, 15) is 8.42 Å². The Morgan fingerprint density at radius 1 is 1.59 bits per heavy atom. The Bertz CT molecular complexity index is 444. The normalized spacial score (nSPS) is 25.2. The monoisotopic (exact) mass is 275 g/mol. The summed E-state index contributed by atoms with van der Waals surface area (Å²) in [6, 6.07) is 0.0493. The number of nitrogens with zero attached hydrogens (tertiary/aromatic N) is 1. The predicted octanol–water partition coefficient (Wildman–Crippen LogP) is 1.36. The Morgan fingerprint density at radius 2 is 2.41 bits per heavy atom. The van der Waals surface area contributed by atoms with Crippen LogP contribution in [0.4, 0.5) is 0 Å². The van der Waals surface area contributed by atoms with Crippen molar-refractivity contribution >= 4 is 21.8 Å². The highest BCUT2D eigenvalue weighted by atomic mass is 32.2. The van der Waals surface area contributed by atoms with Crippen molar-refractivity contribution < 1.29 is 8.42 Å². The van der Waals surface area contributed by atoms with Gasteiger partial charge in [-0.05, 0) is 18.6 Å². The summed E-state index contributed by atoms with van der Waals surface area (Å²) in [4.78, 5) is 6.37. The molecule has 1 aliphatic carbocycles. The van der Waals surface area contributed by atoms with E-state index in [1.807, 2.05) is 11.8 Å². The van der Waals surface area contributed by atoms with E-state index in [2.05, 4.69) is 21.6 Å². The van der Waals surface area contributed by atoms with Gasteiger partial charge in [0.1, 0.15) is 0 Å². The zero-order chi connectivity index (χ0) is 12.3. The second-order valence-corrected chi connectivity index (χ2v) is 7.27. The summed E-state index contributed by atoms with van der Waals surface area (Å²) >= 11 is 1.83. The van der Waals surface area contributed by atoms with Crippen molar-refractivity contribution in [3.63, 3.8) is 0 Å². The lowest BCUT2D eigenvalue weighted by atomic mass is 10.3. The summed E-state index contributed by atoms with van der Waals surface area (Å²) < 4.78 is 26.8. The molecule has 0 aromatic carbocycles. The van der Waals surface area contributed by atoms with Crippen molar-refractivity contribution in [1.82, 2.24) is 14.7 Å². The fourth-order valence-electron chi connectivity index (χ4n) is 2.13. The van der Waals surface area contributed by atoms with E-state index >= 15 is 0 Å². The number of rotatable bonds is 5. The molecule has 1 saturated carbocycles. The molecule has 1 heterocycles. The molecule has 17 heavy (non-hydrogen) atoms. The minimum atomic E-state index is -3.43. The van der Waals surface area contributed by atoms with E-state index in [4.69, 9.17) is 0 Å². The summed E-state index contributed by atoms with van der Waals surface area (Å²) in [7, 11) is -3.43. The molecular formula is C10H17N3O2S2. The zero-order valence-electron chi connectivity index (χ0n) is 9.72. The number of hydrogen-bond acceptors (Lipinski definition) is 4. The first-order valence-electron chi connectivity index (χ1n) is 5.76. The molecule has 0 radical (unpaired) electrons. The van der Waals surface area contributed by atoms with Gasteiger partial charge >= 0.3 is 0 Å². The van der Waals surface area contributed by atoms with E-state index in [0.29, 0.717) is 5.25 Å². The van der Waals surface area contributed by atoms with E-state index in [0.717, 1.165) is 25.0 Å². The van der Waals surface area contributed by atoms with Crippen LogP contribution >= 0.6 is 11.8 Å². The third kappa shape index (κ3) is 3.02. The molecular weight excluding hydrogens is 258 g/mol. The number of aromatic amines is 1. The summed E-state index contributed by atoms with van der Waals surface area (Å²) in [5, 5.41) is 0.544. The number of H-pyrrole nitrogens is 1. The SMILES string of the molecule is CCSC1CCCC1NS(=O)(=O)c1cnc[nH]1. The van der Waals surface area contributed by atoms with Crippen LogP contribution in [0.5, 0.6) is 0 Å². The van der Waals surface area contributed by atoms with Gasteiger partial charge in [-0.2, -0.15) is 11.8 Å². The topological polar surface area (TPSA) is 74.8 Å². The highest BCUT2D eigenvalue weighted by Crippen LogP contribution is 2.30. The average Bonchev–Trinajstić information content (AvgIpc) is 2.90. The van der Waals surface area contributed by atoms with Gasteiger partial charge in [0.05, 0.1) is 12.5 Å². The van der Waals surface area contributed by atoms with Crippen LogP contribution in [-0.4, -0.2) is 35.4 Å². The van der Waals surface area contributed by atoms with Gasteiger partial charge in [0.25, 0.3) is 10.0 Å². The number of thioether (sulfide) groups is 1. The zero-order valence-corrected chi connectivity index (χ0v) is 11.4. The van der Waals surface area contributed by atoms with Gasteiger partial charge in [-0.1, -0.05) is 13.3 Å². The van der Waals surface area contributed by atoms with E-state index in [-0.39, 0.29) is 11.1 Å². The molecule has 1 aromatic rings. The number of nitrogens with one attached hydrogen (secondary N) is 2. The van der Waals surface area contributed by atoms with Gasteiger partial charge in [0.15, 0.2) is 5.03 Å². The average molecular weight is 275 g/mol. The van der Waals surface area contributed by atoms with Crippen molar-refractivity contribution in [3.05, 3.63) is 12.5 Å². The highest BCUT2D eigenvalue weighted by molar-refractivity contribution is 8.00. The van der Waals surface area contributed by atoms with Crippen LogP contribution in [0.3, 0.4) is 0 Å². The summed E-state index contributed by atoms with van der Waals surface area (Å²) in [6.07, 6.45) is 5.81. The maximum atomic E-state index is 12.0. The molecule has 2 rings (SSSR count). The Balaban J connectivity index is 2.05. The molecule has 0 amide bonds. The number of sulfonamides is 1. The lowest BCUT2D eigenvalue weighted by Crippen LogP contribution is -2.38. The molecule has 2 unspecified atom stereocenters. The molecule has 1 aliphatic rings. The van der Waals surface area contributed by atoms with Crippen molar-refractivity contribution in [2.24, 2.45) is 0 Å². The largest absolute Gasteiger partial charge is 0.335 e. The van der Waals surface area contributed by atoms with Gasteiger partial charge < -0.3 is 4.98 Å². The van der Waals surface area contributed by atoms with Gasteiger partial charge in [0, 0.05) is 11.3 Å². The molecule has 1 aromatic heterocycles. The number of hydrogen-bond donors (Lipinski definition) is 2. The maximum Gasteiger partial charge on any atom is 0.257 e. The molecule has 0 saturated heterocycles. The quantitative estimate of drug-likeness (QED) is 0.851. The van der Waals surface area contributed by atoms with Crippen LogP contribution in [0.2, 0.25) is 0 Å². The number of aromatic nitrogens is 2. The van der Waals surface area contributed by atoms with Crippen LogP contribution < -0.4 is 4.72 Å². The maximum absolute atomic E-state index is 12.0. The van der Waals surface area contributed by atoms with Crippen LogP contribution in [0.15, 0.2) is 17.6 Å². The lowest BCUT2D eigenvalue weighted by Gasteiger charge is -2.19. The number of imidazole rings is 1.